The average molecular weight is 509 g/mol. The number of carbonyl (C=O) groups excluding carboxylic acids is 3. The number of pyridine rings is 1. The van der Waals surface area contributed by atoms with Gasteiger partial charge in [-0.25, -0.2) is 10.2 Å². The third-order valence-corrected chi connectivity index (χ3v) is 6.66. The van der Waals surface area contributed by atoms with Crippen molar-refractivity contribution >= 4 is 29.1 Å². The fourth-order valence-corrected chi connectivity index (χ4v) is 4.79. The SMILES string of the molecule is O=C(NNC(=O)c1ccncc1)Nc1cccc2c1C(=O)c1c-2n[nH]c1-c1ccc(N2CCNCC2)cc1. The zero-order valence-corrected chi connectivity index (χ0v) is 20.2. The summed E-state index contributed by atoms with van der Waals surface area (Å²) < 4.78 is 0. The molecular weight excluding hydrogens is 484 g/mol. The molecular formula is C27H24N8O3. The molecule has 190 valence electrons. The molecule has 2 aliphatic rings. The number of aromatic nitrogens is 3. The van der Waals surface area contributed by atoms with Gasteiger partial charge in [-0.05, 0) is 30.3 Å². The van der Waals surface area contributed by atoms with Crippen molar-refractivity contribution in [2.45, 2.75) is 0 Å². The molecule has 0 atom stereocenters. The van der Waals surface area contributed by atoms with Gasteiger partial charge in [-0.1, -0.05) is 24.3 Å². The van der Waals surface area contributed by atoms with Gasteiger partial charge in [-0.2, -0.15) is 5.10 Å². The number of hydrazine groups is 1. The summed E-state index contributed by atoms with van der Waals surface area (Å²) in [4.78, 5) is 44.5. The molecule has 11 heteroatoms. The van der Waals surface area contributed by atoms with E-state index >= 15 is 0 Å². The van der Waals surface area contributed by atoms with E-state index in [0.29, 0.717) is 39.3 Å². The number of urea groups is 1. The van der Waals surface area contributed by atoms with Crippen LogP contribution in [0.15, 0.2) is 67.0 Å². The fourth-order valence-electron chi connectivity index (χ4n) is 4.79. The van der Waals surface area contributed by atoms with Crippen molar-refractivity contribution in [3.05, 3.63) is 83.7 Å². The van der Waals surface area contributed by atoms with Gasteiger partial charge >= 0.3 is 6.03 Å². The van der Waals surface area contributed by atoms with Crippen LogP contribution in [-0.2, 0) is 0 Å². The molecule has 6 rings (SSSR count). The summed E-state index contributed by atoms with van der Waals surface area (Å²) in [6, 6.07) is 15.6. The van der Waals surface area contributed by atoms with Gasteiger partial charge in [0.2, 0.25) is 0 Å². The Labute approximate surface area is 217 Å². The molecule has 0 spiro atoms. The summed E-state index contributed by atoms with van der Waals surface area (Å²) >= 11 is 0. The van der Waals surface area contributed by atoms with E-state index in [1.807, 2.05) is 12.1 Å². The Morgan fingerprint density at radius 2 is 1.66 bits per heavy atom. The maximum atomic E-state index is 13.6. The topological polar surface area (TPSA) is 144 Å². The van der Waals surface area contributed by atoms with Gasteiger partial charge < -0.3 is 15.5 Å². The minimum atomic E-state index is -0.691. The van der Waals surface area contributed by atoms with Crippen LogP contribution in [0, 0.1) is 0 Å². The highest BCUT2D eigenvalue weighted by atomic mass is 16.2. The summed E-state index contributed by atoms with van der Waals surface area (Å²) in [6.07, 6.45) is 2.96. The van der Waals surface area contributed by atoms with Gasteiger partial charge in [0.1, 0.15) is 5.69 Å². The molecule has 1 fully saturated rings. The van der Waals surface area contributed by atoms with Crippen LogP contribution in [0.3, 0.4) is 0 Å². The zero-order valence-electron chi connectivity index (χ0n) is 20.2. The predicted molar refractivity (Wildman–Crippen MR) is 142 cm³/mol. The smallest absolute Gasteiger partial charge is 0.337 e. The number of ketones is 1. The number of piperazine rings is 1. The van der Waals surface area contributed by atoms with Crippen LogP contribution >= 0.6 is 0 Å². The molecule has 0 saturated carbocycles. The van der Waals surface area contributed by atoms with E-state index in [1.54, 1.807) is 18.2 Å². The number of hydrogen-bond donors (Lipinski definition) is 5. The van der Waals surface area contributed by atoms with Crippen molar-refractivity contribution in [2.24, 2.45) is 0 Å². The number of nitrogens with one attached hydrogen (secondary N) is 5. The minimum Gasteiger partial charge on any atom is -0.369 e. The minimum absolute atomic E-state index is 0.235. The van der Waals surface area contributed by atoms with E-state index in [9.17, 15) is 14.4 Å². The molecule has 4 aromatic rings. The lowest BCUT2D eigenvalue weighted by Gasteiger charge is -2.29. The highest BCUT2D eigenvalue weighted by Crippen LogP contribution is 2.43. The Balaban J connectivity index is 1.20. The summed E-state index contributed by atoms with van der Waals surface area (Å²) in [5.74, 6) is -0.730. The Morgan fingerprint density at radius 3 is 2.42 bits per heavy atom. The third-order valence-electron chi connectivity index (χ3n) is 6.66. The first kappa shape index (κ1) is 23.4. The summed E-state index contributed by atoms with van der Waals surface area (Å²) in [6.45, 7) is 3.80. The number of nitrogens with zero attached hydrogens (tertiary/aromatic N) is 3. The molecule has 3 amide bonds. The third kappa shape index (κ3) is 4.24. The van der Waals surface area contributed by atoms with Gasteiger partial charge in [0.15, 0.2) is 5.78 Å². The highest BCUT2D eigenvalue weighted by Gasteiger charge is 2.35. The number of aromatic amines is 1. The number of rotatable bonds is 4. The number of H-pyrrole nitrogens is 1. The maximum absolute atomic E-state index is 13.6. The Hall–Kier alpha value is -5.03. The monoisotopic (exact) mass is 508 g/mol. The first-order valence-corrected chi connectivity index (χ1v) is 12.2. The molecule has 3 heterocycles. The molecule has 2 aromatic heterocycles. The van der Waals surface area contributed by atoms with Crippen LogP contribution in [-0.4, -0.2) is 59.1 Å². The van der Waals surface area contributed by atoms with Crippen LogP contribution in [0.4, 0.5) is 16.2 Å². The van der Waals surface area contributed by atoms with Gasteiger partial charge in [-0.15, -0.1) is 0 Å². The van der Waals surface area contributed by atoms with Crippen molar-refractivity contribution in [3.8, 4) is 22.5 Å². The zero-order chi connectivity index (χ0) is 26.1. The number of anilines is 2. The number of hydrogen-bond acceptors (Lipinski definition) is 7. The van der Waals surface area contributed by atoms with Gasteiger partial charge in [0, 0.05) is 61.0 Å². The van der Waals surface area contributed by atoms with Crippen molar-refractivity contribution in [3.63, 3.8) is 0 Å². The van der Waals surface area contributed by atoms with Crippen molar-refractivity contribution in [1.82, 2.24) is 31.3 Å². The lowest BCUT2D eigenvalue weighted by molar-refractivity contribution is 0.0937. The molecule has 1 aliphatic heterocycles. The predicted octanol–water partition coefficient (Wildman–Crippen LogP) is 2.56. The van der Waals surface area contributed by atoms with Crippen LogP contribution < -0.4 is 26.4 Å². The lowest BCUT2D eigenvalue weighted by Crippen LogP contribution is -2.44. The van der Waals surface area contributed by atoms with Crippen molar-refractivity contribution in [1.29, 1.82) is 0 Å². The van der Waals surface area contributed by atoms with Crippen LogP contribution in [0.2, 0.25) is 0 Å². The second-order valence-corrected chi connectivity index (χ2v) is 8.93. The second-order valence-electron chi connectivity index (χ2n) is 8.93. The lowest BCUT2D eigenvalue weighted by atomic mass is 10.0. The van der Waals surface area contributed by atoms with Gasteiger partial charge in [-0.3, -0.25) is 25.1 Å². The van der Waals surface area contributed by atoms with E-state index in [2.05, 4.69) is 53.7 Å². The number of benzene rings is 2. The second kappa shape index (κ2) is 9.79. The summed E-state index contributed by atoms with van der Waals surface area (Å²) in [7, 11) is 0. The molecule has 0 bridgehead atoms. The van der Waals surface area contributed by atoms with Crippen LogP contribution in [0.25, 0.3) is 22.5 Å². The van der Waals surface area contributed by atoms with Crippen molar-refractivity contribution < 1.29 is 14.4 Å². The summed E-state index contributed by atoms with van der Waals surface area (Å²) in [5.41, 5.74) is 9.91. The Morgan fingerprint density at radius 1 is 0.895 bits per heavy atom. The molecule has 5 N–H and O–H groups in total. The normalized spacial score (nSPS) is 14.0. The standard InChI is InChI=1S/C27H24N8O3/c36-25-21-19(2-1-3-20(21)30-27(38)34-33-26(37)17-8-10-28-11-9-17)24-22(25)23(31-32-24)16-4-6-18(7-5-16)35-14-12-29-13-15-35/h1-11,29H,12-15H2,(H,31,32)(H,33,37)(H2,30,34,38). The molecule has 1 aliphatic carbocycles. The average Bonchev–Trinajstić information content (AvgIpc) is 3.53. The largest absolute Gasteiger partial charge is 0.369 e. The maximum Gasteiger partial charge on any atom is 0.337 e. The molecule has 11 nitrogen and oxygen atoms in total. The van der Waals surface area contributed by atoms with E-state index in [-0.39, 0.29) is 5.78 Å². The molecule has 0 unspecified atom stereocenters. The Kier molecular flexibility index (Phi) is 6.02. The van der Waals surface area contributed by atoms with Crippen LogP contribution in [0.1, 0.15) is 26.3 Å². The van der Waals surface area contributed by atoms with E-state index < -0.39 is 11.9 Å². The van der Waals surface area contributed by atoms with Crippen molar-refractivity contribution in [2.75, 3.05) is 36.4 Å². The molecule has 0 radical (unpaired) electrons. The molecule has 2 aromatic carbocycles. The van der Waals surface area contributed by atoms with E-state index in [1.165, 1.54) is 24.5 Å². The number of carbonyl (C=O) groups is 3. The van der Waals surface area contributed by atoms with E-state index in [0.717, 1.165) is 37.4 Å². The number of fused-ring (bicyclic) bond motifs is 3. The van der Waals surface area contributed by atoms with Gasteiger partial charge in [0.05, 0.1) is 22.5 Å². The summed E-state index contributed by atoms with van der Waals surface area (Å²) in [5, 5.41) is 13.5. The first-order chi connectivity index (χ1) is 18.6. The first-order valence-electron chi connectivity index (χ1n) is 12.2. The van der Waals surface area contributed by atoms with E-state index in [4.69, 9.17) is 0 Å². The molecule has 1 saturated heterocycles. The van der Waals surface area contributed by atoms with Crippen LogP contribution in [0.5, 0.6) is 0 Å². The molecule has 38 heavy (non-hydrogen) atoms. The number of amides is 3. The Bertz CT molecular complexity index is 1530. The quantitative estimate of drug-likeness (QED) is 0.235. The van der Waals surface area contributed by atoms with Gasteiger partial charge in [0.25, 0.3) is 5.91 Å². The fraction of sp³-hybridized carbons (Fsp3) is 0.148. The highest BCUT2D eigenvalue weighted by molar-refractivity contribution is 6.27.